The molecule has 0 aliphatic carbocycles. The van der Waals surface area contributed by atoms with E-state index in [4.69, 9.17) is 4.74 Å². The van der Waals surface area contributed by atoms with Gasteiger partial charge < -0.3 is 15.4 Å². The van der Waals surface area contributed by atoms with Gasteiger partial charge in [-0.15, -0.1) is 11.3 Å². The Morgan fingerprint density at radius 3 is 3.00 bits per heavy atom. The summed E-state index contributed by atoms with van der Waals surface area (Å²) in [5, 5.41) is 7.71. The second kappa shape index (κ2) is 6.44. The molecule has 7 heteroatoms. The molecule has 2 aromatic heterocycles. The number of nitrogens with zero attached hydrogens (tertiary/aromatic N) is 2. The van der Waals surface area contributed by atoms with E-state index in [1.165, 1.54) is 0 Å². The predicted molar refractivity (Wildman–Crippen MR) is 83.6 cm³/mol. The molecular formula is C14H22N4O2S. The Hall–Kier alpha value is -1.60. The van der Waals surface area contributed by atoms with Crippen molar-refractivity contribution in [3.05, 3.63) is 23.5 Å². The number of imidazole rings is 1. The van der Waals surface area contributed by atoms with Gasteiger partial charge in [0, 0.05) is 30.9 Å². The van der Waals surface area contributed by atoms with Crippen molar-refractivity contribution in [1.82, 2.24) is 20.0 Å². The van der Waals surface area contributed by atoms with Crippen molar-refractivity contribution in [2.45, 2.75) is 45.4 Å². The first-order valence-electron chi connectivity index (χ1n) is 6.90. The van der Waals surface area contributed by atoms with Gasteiger partial charge >= 0.3 is 6.03 Å². The number of nitrogens with one attached hydrogen (secondary N) is 2. The number of fused-ring (bicyclic) bond motifs is 1. The fraction of sp³-hybridized carbons (Fsp3) is 0.571. The number of hydrogen-bond donors (Lipinski definition) is 2. The normalized spacial score (nSPS) is 13.3. The number of carbonyl (C=O) groups is 1. The number of thiazole rings is 1. The zero-order chi connectivity index (χ0) is 15.5. The van der Waals surface area contributed by atoms with E-state index in [1.54, 1.807) is 18.4 Å². The van der Waals surface area contributed by atoms with E-state index in [2.05, 4.69) is 15.6 Å². The average molecular weight is 310 g/mol. The molecule has 2 N–H and O–H groups in total. The number of urea groups is 1. The van der Waals surface area contributed by atoms with Crippen LogP contribution in [0, 0.1) is 0 Å². The van der Waals surface area contributed by atoms with E-state index in [9.17, 15) is 4.79 Å². The van der Waals surface area contributed by atoms with Gasteiger partial charge in [0.1, 0.15) is 0 Å². The SMILES string of the molecule is COC(C)(C)C[C@@H](C)NC(=O)NCc1cn2ccsc2n1. The Morgan fingerprint density at radius 1 is 1.57 bits per heavy atom. The molecule has 0 saturated carbocycles. The third-order valence-electron chi connectivity index (χ3n) is 3.30. The Labute approximate surface area is 128 Å². The van der Waals surface area contributed by atoms with Crippen LogP contribution in [-0.4, -0.2) is 34.2 Å². The molecule has 0 aliphatic heterocycles. The Kier molecular flexibility index (Phi) is 4.84. The summed E-state index contributed by atoms with van der Waals surface area (Å²) < 4.78 is 7.31. The number of aromatic nitrogens is 2. The number of methoxy groups -OCH3 is 1. The van der Waals surface area contributed by atoms with Gasteiger partial charge in [0.15, 0.2) is 4.96 Å². The molecule has 0 radical (unpaired) electrons. The molecule has 0 saturated heterocycles. The smallest absolute Gasteiger partial charge is 0.315 e. The summed E-state index contributed by atoms with van der Waals surface area (Å²) in [6.07, 6.45) is 4.62. The molecule has 2 heterocycles. The van der Waals surface area contributed by atoms with Crippen LogP contribution in [0.25, 0.3) is 4.96 Å². The number of rotatable bonds is 6. The van der Waals surface area contributed by atoms with Gasteiger partial charge in [0.05, 0.1) is 17.8 Å². The van der Waals surface area contributed by atoms with Crippen LogP contribution in [0.3, 0.4) is 0 Å². The molecule has 2 rings (SSSR count). The Morgan fingerprint density at radius 2 is 2.33 bits per heavy atom. The first-order chi connectivity index (χ1) is 9.89. The highest BCUT2D eigenvalue weighted by molar-refractivity contribution is 7.15. The van der Waals surface area contributed by atoms with Crippen LogP contribution in [0.1, 0.15) is 32.9 Å². The Balaban J connectivity index is 1.78. The van der Waals surface area contributed by atoms with Crippen molar-refractivity contribution in [2.24, 2.45) is 0 Å². The minimum atomic E-state index is -0.249. The van der Waals surface area contributed by atoms with Crippen molar-refractivity contribution in [3.8, 4) is 0 Å². The summed E-state index contributed by atoms with van der Waals surface area (Å²) in [5.41, 5.74) is 0.600. The molecule has 0 bridgehead atoms. The first-order valence-corrected chi connectivity index (χ1v) is 7.78. The highest BCUT2D eigenvalue weighted by Gasteiger charge is 2.21. The molecule has 21 heavy (non-hydrogen) atoms. The highest BCUT2D eigenvalue weighted by atomic mass is 32.1. The minimum Gasteiger partial charge on any atom is -0.379 e. The summed E-state index contributed by atoms with van der Waals surface area (Å²) in [7, 11) is 1.68. The third-order valence-corrected chi connectivity index (χ3v) is 4.07. The molecule has 0 aromatic carbocycles. The predicted octanol–water partition coefficient (Wildman–Crippen LogP) is 2.40. The van der Waals surface area contributed by atoms with Gasteiger partial charge in [0.25, 0.3) is 0 Å². The lowest BCUT2D eigenvalue weighted by Gasteiger charge is -2.27. The van der Waals surface area contributed by atoms with E-state index < -0.39 is 0 Å². The molecule has 2 amide bonds. The number of ether oxygens (including phenoxy) is 1. The molecule has 0 spiro atoms. The molecule has 0 aliphatic rings. The van der Waals surface area contributed by atoms with Crippen LogP contribution in [0.15, 0.2) is 17.8 Å². The summed E-state index contributed by atoms with van der Waals surface area (Å²) >= 11 is 1.57. The van der Waals surface area contributed by atoms with Crippen molar-refractivity contribution in [1.29, 1.82) is 0 Å². The van der Waals surface area contributed by atoms with Crippen LogP contribution < -0.4 is 10.6 Å². The van der Waals surface area contributed by atoms with Crippen LogP contribution >= 0.6 is 11.3 Å². The van der Waals surface area contributed by atoms with Crippen molar-refractivity contribution in [3.63, 3.8) is 0 Å². The summed E-state index contributed by atoms with van der Waals surface area (Å²) in [6, 6.07) is -0.156. The van der Waals surface area contributed by atoms with Crippen molar-refractivity contribution in [2.75, 3.05) is 7.11 Å². The lowest BCUT2D eigenvalue weighted by molar-refractivity contribution is 0.00950. The maximum Gasteiger partial charge on any atom is 0.315 e. The monoisotopic (exact) mass is 310 g/mol. The standard InChI is InChI=1S/C14H22N4O2S/c1-10(7-14(2,3)20-4)16-12(19)15-8-11-9-18-5-6-21-13(18)17-11/h5-6,9-10H,7-8H2,1-4H3,(H2,15,16,19)/t10-/m1/s1. The largest absolute Gasteiger partial charge is 0.379 e. The maximum absolute atomic E-state index is 11.9. The fourth-order valence-electron chi connectivity index (χ4n) is 2.18. The number of carbonyl (C=O) groups excluding carboxylic acids is 1. The molecule has 1 atom stereocenters. The van der Waals surface area contributed by atoms with E-state index in [1.807, 2.05) is 42.9 Å². The fourth-order valence-corrected chi connectivity index (χ4v) is 2.90. The lowest BCUT2D eigenvalue weighted by atomic mass is 10.00. The van der Waals surface area contributed by atoms with E-state index in [0.717, 1.165) is 17.1 Å². The number of amides is 2. The second-order valence-electron chi connectivity index (χ2n) is 5.72. The molecule has 116 valence electrons. The summed E-state index contributed by atoms with van der Waals surface area (Å²) in [6.45, 7) is 6.38. The topological polar surface area (TPSA) is 67.7 Å². The van der Waals surface area contributed by atoms with E-state index in [-0.39, 0.29) is 17.7 Å². The third kappa shape index (κ3) is 4.44. The van der Waals surface area contributed by atoms with Gasteiger partial charge in [0.2, 0.25) is 0 Å². The van der Waals surface area contributed by atoms with E-state index in [0.29, 0.717) is 6.54 Å². The van der Waals surface area contributed by atoms with Gasteiger partial charge in [-0.05, 0) is 27.2 Å². The lowest BCUT2D eigenvalue weighted by Crippen LogP contribution is -2.43. The van der Waals surface area contributed by atoms with Gasteiger partial charge in [-0.1, -0.05) is 0 Å². The van der Waals surface area contributed by atoms with Crippen molar-refractivity contribution < 1.29 is 9.53 Å². The van der Waals surface area contributed by atoms with Gasteiger partial charge in [-0.2, -0.15) is 0 Å². The average Bonchev–Trinajstić information content (AvgIpc) is 2.96. The summed E-state index contributed by atoms with van der Waals surface area (Å²) in [5.74, 6) is 0. The molecule has 6 nitrogen and oxygen atoms in total. The first kappa shape index (κ1) is 15.8. The number of hydrogen-bond acceptors (Lipinski definition) is 4. The summed E-state index contributed by atoms with van der Waals surface area (Å²) in [4.78, 5) is 17.2. The van der Waals surface area contributed by atoms with Gasteiger partial charge in [-0.25, -0.2) is 9.78 Å². The second-order valence-corrected chi connectivity index (χ2v) is 6.59. The van der Waals surface area contributed by atoms with Crippen LogP contribution in [0.2, 0.25) is 0 Å². The zero-order valence-electron chi connectivity index (χ0n) is 12.8. The molecular weight excluding hydrogens is 288 g/mol. The van der Waals surface area contributed by atoms with Crippen molar-refractivity contribution >= 4 is 22.3 Å². The van der Waals surface area contributed by atoms with Crippen LogP contribution in [0.4, 0.5) is 4.79 Å². The molecule has 0 unspecified atom stereocenters. The minimum absolute atomic E-state index is 0.0328. The van der Waals surface area contributed by atoms with Gasteiger partial charge in [-0.3, -0.25) is 4.40 Å². The molecule has 0 fully saturated rings. The quantitative estimate of drug-likeness (QED) is 0.861. The van der Waals surface area contributed by atoms with Crippen LogP contribution in [-0.2, 0) is 11.3 Å². The maximum atomic E-state index is 11.9. The zero-order valence-corrected chi connectivity index (χ0v) is 13.7. The highest BCUT2D eigenvalue weighted by Crippen LogP contribution is 2.15. The van der Waals surface area contributed by atoms with E-state index >= 15 is 0 Å². The molecule has 2 aromatic rings. The Bertz CT molecular complexity index is 576. The van der Waals surface area contributed by atoms with Crippen LogP contribution in [0.5, 0.6) is 0 Å².